The number of rotatable bonds is 15. The molecule has 1 rings (SSSR count). The van der Waals surface area contributed by atoms with E-state index in [2.05, 4.69) is 0 Å². The van der Waals surface area contributed by atoms with Crippen LogP contribution in [-0.2, 0) is 14.4 Å². The van der Waals surface area contributed by atoms with Gasteiger partial charge in [0.2, 0.25) is 0 Å². The second-order valence-corrected chi connectivity index (χ2v) is 11.4. The third kappa shape index (κ3) is 9.83. The van der Waals surface area contributed by atoms with Crippen LogP contribution >= 0.6 is 0 Å². The summed E-state index contributed by atoms with van der Waals surface area (Å²) in [6.07, 6.45) is 8.37. The number of allylic oxidation sites excluding steroid dienone is 2. The zero-order valence-electron chi connectivity index (χ0n) is 14.5. The van der Waals surface area contributed by atoms with Gasteiger partial charge >= 0.3 is 159 Å². The van der Waals surface area contributed by atoms with Gasteiger partial charge in [0.1, 0.15) is 0 Å². The van der Waals surface area contributed by atoms with Crippen LogP contribution in [0.1, 0.15) is 77.0 Å². The van der Waals surface area contributed by atoms with Crippen molar-refractivity contribution in [3.05, 3.63) is 8.85 Å². The van der Waals surface area contributed by atoms with Crippen molar-refractivity contribution in [1.29, 1.82) is 0 Å². The minimum absolute atomic E-state index is 0.204. The van der Waals surface area contributed by atoms with E-state index in [0.29, 0.717) is 19.3 Å². The number of hydrogen-bond acceptors (Lipinski definition) is 3. The Bertz CT molecular complexity index is 550. The van der Waals surface area contributed by atoms with E-state index < -0.39 is 40.7 Å². The molecule has 7 heteroatoms. The van der Waals surface area contributed by atoms with Crippen molar-refractivity contribution < 1.29 is 29.7 Å². The van der Waals surface area contributed by atoms with Crippen LogP contribution in [0.5, 0.6) is 0 Å². The van der Waals surface area contributed by atoms with Gasteiger partial charge in [-0.25, -0.2) is 0 Å². The SMILES string of the molecule is O=C(O)CCCC[C]1=[Bi][C](CCCCC(=O)O)=C1CCCCC(=O)O. The quantitative estimate of drug-likeness (QED) is 0.214. The number of unbranched alkanes of at least 4 members (excludes halogenated alkanes) is 3. The van der Waals surface area contributed by atoms with Crippen molar-refractivity contribution >= 4 is 43.9 Å². The van der Waals surface area contributed by atoms with Crippen LogP contribution in [0.3, 0.4) is 0 Å². The van der Waals surface area contributed by atoms with Crippen molar-refractivity contribution in [1.82, 2.24) is 0 Å². The van der Waals surface area contributed by atoms with Crippen LogP contribution in [-0.4, -0.2) is 59.2 Å². The summed E-state index contributed by atoms with van der Waals surface area (Å²) in [7, 11) is 0. The summed E-state index contributed by atoms with van der Waals surface area (Å²) in [5, 5.41) is 26.1. The molecule has 1 heterocycles. The Morgan fingerprint density at radius 1 is 0.640 bits per heavy atom. The van der Waals surface area contributed by atoms with Gasteiger partial charge in [0.15, 0.2) is 0 Å². The van der Waals surface area contributed by atoms with Crippen molar-refractivity contribution in [3.63, 3.8) is 0 Å². The maximum absolute atomic E-state index is 10.6. The predicted octanol–water partition coefficient (Wildman–Crippen LogP) is 3.07. The average Bonchev–Trinajstić information content (AvgIpc) is 2.50. The zero-order chi connectivity index (χ0) is 18.7. The molecule has 0 saturated carbocycles. The van der Waals surface area contributed by atoms with Gasteiger partial charge in [-0.1, -0.05) is 0 Å². The Labute approximate surface area is 159 Å². The Morgan fingerprint density at radius 3 is 1.56 bits per heavy atom. The standard InChI is InChI=1S/C18H27O6.Bi/c19-16(20)12-5-1-3-9-15(11-7-8-14-18(23)24)10-4-2-6-13-17(21)22;/h1-8,11-14H2,(H,19,20)(H,21,22)(H,23,24);. The summed E-state index contributed by atoms with van der Waals surface area (Å²) in [5.41, 5.74) is 1.42. The van der Waals surface area contributed by atoms with Gasteiger partial charge in [0.05, 0.1) is 0 Å². The van der Waals surface area contributed by atoms with E-state index in [4.69, 9.17) is 15.3 Å². The van der Waals surface area contributed by atoms with E-state index in [1.165, 1.54) is 5.57 Å². The fraction of sp³-hybridized carbons (Fsp3) is 0.667. The molecule has 0 spiro atoms. The summed E-state index contributed by atoms with van der Waals surface area (Å²) >= 11 is -0.772. The molecule has 25 heavy (non-hydrogen) atoms. The molecule has 0 aromatic heterocycles. The molecule has 3 N–H and O–H groups in total. The van der Waals surface area contributed by atoms with E-state index in [-0.39, 0.29) is 19.3 Å². The molecule has 0 fully saturated rings. The molecule has 0 aromatic rings. The monoisotopic (exact) mass is 548 g/mol. The summed E-state index contributed by atoms with van der Waals surface area (Å²) < 4.78 is 3.13. The number of carboxylic acid groups (broad SMARTS) is 3. The van der Waals surface area contributed by atoms with Gasteiger partial charge < -0.3 is 0 Å². The molecule has 0 bridgehead atoms. The summed E-state index contributed by atoms with van der Waals surface area (Å²) in [6.45, 7) is 0. The Balaban J connectivity index is 2.41. The first-order valence-corrected chi connectivity index (χ1v) is 12.3. The average molecular weight is 548 g/mol. The second-order valence-electron chi connectivity index (χ2n) is 6.29. The fourth-order valence-corrected chi connectivity index (χ4v) is 8.51. The number of aliphatic carboxylic acids is 3. The molecule has 1 aliphatic heterocycles. The van der Waals surface area contributed by atoms with Gasteiger partial charge in [-0.15, -0.1) is 0 Å². The van der Waals surface area contributed by atoms with Crippen LogP contribution in [0, 0.1) is 0 Å². The van der Waals surface area contributed by atoms with Gasteiger partial charge in [-0.2, -0.15) is 0 Å². The molecule has 6 nitrogen and oxygen atoms in total. The summed E-state index contributed by atoms with van der Waals surface area (Å²) in [5.74, 6) is -2.25. The van der Waals surface area contributed by atoms with E-state index in [0.717, 1.165) is 38.5 Å². The van der Waals surface area contributed by atoms with Gasteiger partial charge in [0, 0.05) is 0 Å². The predicted molar refractivity (Wildman–Crippen MR) is 96.1 cm³/mol. The molecular formula is C18H27BiO6. The van der Waals surface area contributed by atoms with Crippen LogP contribution in [0.2, 0.25) is 0 Å². The molecule has 0 saturated heterocycles. The first-order chi connectivity index (χ1) is 11.9. The maximum atomic E-state index is 10.6. The van der Waals surface area contributed by atoms with E-state index >= 15 is 0 Å². The van der Waals surface area contributed by atoms with Gasteiger partial charge in [-0.3, -0.25) is 0 Å². The van der Waals surface area contributed by atoms with Gasteiger partial charge in [0.25, 0.3) is 0 Å². The molecular weight excluding hydrogens is 521 g/mol. The zero-order valence-corrected chi connectivity index (χ0v) is 18.0. The summed E-state index contributed by atoms with van der Waals surface area (Å²) in [4.78, 5) is 31.8. The molecule has 0 radical (unpaired) electrons. The van der Waals surface area contributed by atoms with Crippen molar-refractivity contribution in [2.45, 2.75) is 77.0 Å². The van der Waals surface area contributed by atoms with E-state index in [1.54, 1.807) is 6.49 Å². The van der Waals surface area contributed by atoms with Gasteiger partial charge in [-0.05, 0) is 0 Å². The Kier molecular flexibility index (Phi) is 10.8. The fourth-order valence-electron chi connectivity index (χ4n) is 2.83. The molecule has 1 aliphatic rings. The summed E-state index contributed by atoms with van der Waals surface area (Å²) in [6, 6.07) is 0. The third-order valence-electron chi connectivity index (χ3n) is 4.14. The molecule has 0 unspecified atom stereocenters. The molecule has 0 aliphatic carbocycles. The molecule has 0 amide bonds. The third-order valence-corrected chi connectivity index (χ3v) is 10.1. The molecule has 0 atom stereocenters. The normalized spacial score (nSPS) is 13.4. The Hall–Kier alpha value is -1.10. The Morgan fingerprint density at radius 2 is 1.08 bits per heavy atom. The van der Waals surface area contributed by atoms with Crippen LogP contribution in [0.25, 0.3) is 0 Å². The number of carbonyl (C=O) groups is 3. The molecule has 140 valence electrons. The number of hydrogen-bond donors (Lipinski definition) is 3. The van der Waals surface area contributed by atoms with Crippen LogP contribution in [0.4, 0.5) is 0 Å². The van der Waals surface area contributed by atoms with E-state index in [1.807, 2.05) is 0 Å². The second kappa shape index (κ2) is 12.3. The van der Waals surface area contributed by atoms with Crippen molar-refractivity contribution in [3.8, 4) is 0 Å². The first kappa shape index (κ1) is 21.9. The van der Waals surface area contributed by atoms with Crippen molar-refractivity contribution in [2.75, 3.05) is 0 Å². The van der Waals surface area contributed by atoms with Crippen LogP contribution < -0.4 is 0 Å². The van der Waals surface area contributed by atoms with E-state index in [9.17, 15) is 14.4 Å². The topological polar surface area (TPSA) is 112 Å². The number of carboxylic acids is 3. The minimum atomic E-state index is -0.772. The molecule has 0 aromatic carbocycles. The first-order valence-electron chi connectivity index (χ1n) is 8.85. The van der Waals surface area contributed by atoms with Crippen molar-refractivity contribution in [2.24, 2.45) is 0 Å². The van der Waals surface area contributed by atoms with Crippen LogP contribution in [0.15, 0.2) is 8.85 Å².